The molecule has 0 spiro atoms. The number of methoxy groups -OCH3 is 1. The maximum Gasteiger partial charge on any atom is 0.237 e. The van der Waals surface area contributed by atoms with E-state index in [0.29, 0.717) is 25.6 Å². The zero-order chi connectivity index (χ0) is 19.3. The summed E-state index contributed by atoms with van der Waals surface area (Å²) < 4.78 is 5.38. The number of nitrogens with one attached hydrogen (secondary N) is 2. The molecule has 1 fully saturated rings. The normalized spacial score (nSPS) is 17.9. The van der Waals surface area contributed by atoms with Gasteiger partial charge in [0.05, 0.1) is 19.6 Å². The number of nitrogens with zero attached hydrogens (tertiary/aromatic N) is 1. The summed E-state index contributed by atoms with van der Waals surface area (Å²) in [5.41, 5.74) is 3.43. The summed E-state index contributed by atoms with van der Waals surface area (Å²) in [6.07, 6.45) is 0.187. The lowest BCUT2D eigenvalue weighted by Gasteiger charge is -2.35. The molecule has 1 heterocycles. The number of benzene rings is 1. The van der Waals surface area contributed by atoms with Crippen LogP contribution >= 0.6 is 0 Å². The van der Waals surface area contributed by atoms with Crippen LogP contribution in [0.3, 0.4) is 0 Å². The number of carbonyl (C=O) groups excluding carboxylic acids is 2. The molecule has 1 atom stereocenters. The standard InChI is InChI=1S/C20H31N3O3/c1-13(2)11-22-19(24)10-17-20(25)21-8-9-23(17)12-16-6-7-18(26-5)15(4)14(16)3/h6-7,13,17H,8-12H2,1-5H3,(H,21,25)(H,22,24)/t17-/m0/s1. The lowest BCUT2D eigenvalue weighted by atomic mass is 10.00. The Morgan fingerprint density at radius 1 is 1.35 bits per heavy atom. The first-order chi connectivity index (χ1) is 12.3. The van der Waals surface area contributed by atoms with Gasteiger partial charge in [0.15, 0.2) is 0 Å². The van der Waals surface area contributed by atoms with Crippen LogP contribution in [-0.4, -0.2) is 49.5 Å². The highest BCUT2D eigenvalue weighted by molar-refractivity contribution is 5.88. The summed E-state index contributed by atoms with van der Waals surface area (Å²) in [4.78, 5) is 26.7. The lowest BCUT2D eigenvalue weighted by molar-refractivity contribution is -0.134. The van der Waals surface area contributed by atoms with E-state index in [-0.39, 0.29) is 18.2 Å². The molecule has 1 saturated heterocycles. The number of ether oxygens (including phenoxy) is 1. The van der Waals surface area contributed by atoms with E-state index in [4.69, 9.17) is 4.74 Å². The highest BCUT2D eigenvalue weighted by Gasteiger charge is 2.31. The second-order valence-corrected chi connectivity index (χ2v) is 7.36. The van der Waals surface area contributed by atoms with Gasteiger partial charge in [-0.1, -0.05) is 19.9 Å². The Hall–Kier alpha value is -2.08. The third-order valence-electron chi connectivity index (χ3n) is 4.97. The van der Waals surface area contributed by atoms with Crippen molar-refractivity contribution in [1.29, 1.82) is 0 Å². The van der Waals surface area contributed by atoms with E-state index >= 15 is 0 Å². The number of hydrogen-bond donors (Lipinski definition) is 2. The Balaban J connectivity index is 2.11. The molecule has 6 heteroatoms. The van der Waals surface area contributed by atoms with Crippen LogP contribution in [0, 0.1) is 19.8 Å². The average Bonchev–Trinajstić information content (AvgIpc) is 2.60. The molecule has 144 valence electrons. The van der Waals surface area contributed by atoms with Crippen molar-refractivity contribution in [2.75, 3.05) is 26.7 Å². The van der Waals surface area contributed by atoms with Crippen molar-refractivity contribution in [3.05, 3.63) is 28.8 Å². The molecule has 0 saturated carbocycles. The molecule has 6 nitrogen and oxygen atoms in total. The van der Waals surface area contributed by atoms with Gasteiger partial charge in [0.1, 0.15) is 5.75 Å². The molecule has 0 aromatic heterocycles. The molecule has 2 amide bonds. The van der Waals surface area contributed by atoms with Crippen molar-refractivity contribution in [2.24, 2.45) is 5.92 Å². The molecular formula is C20H31N3O3. The van der Waals surface area contributed by atoms with E-state index in [1.807, 2.05) is 19.1 Å². The molecule has 1 aliphatic rings. The van der Waals surface area contributed by atoms with Gasteiger partial charge < -0.3 is 15.4 Å². The van der Waals surface area contributed by atoms with Crippen LogP contribution in [0.15, 0.2) is 12.1 Å². The van der Waals surface area contributed by atoms with E-state index in [0.717, 1.165) is 23.4 Å². The molecule has 2 rings (SSSR count). The maximum absolute atomic E-state index is 12.4. The minimum atomic E-state index is -0.433. The van der Waals surface area contributed by atoms with Gasteiger partial charge in [0, 0.05) is 26.2 Å². The molecular weight excluding hydrogens is 330 g/mol. The Bertz CT molecular complexity index is 658. The number of piperazine rings is 1. The molecule has 0 aliphatic carbocycles. The summed E-state index contributed by atoms with van der Waals surface area (Å²) in [6, 6.07) is 3.58. The van der Waals surface area contributed by atoms with Crippen molar-refractivity contribution < 1.29 is 14.3 Å². The molecule has 1 aromatic carbocycles. The minimum Gasteiger partial charge on any atom is -0.496 e. The van der Waals surface area contributed by atoms with Crippen molar-refractivity contribution >= 4 is 11.8 Å². The van der Waals surface area contributed by atoms with Crippen LogP contribution in [0.25, 0.3) is 0 Å². The van der Waals surface area contributed by atoms with E-state index in [9.17, 15) is 9.59 Å². The zero-order valence-electron chi connectivity index (χ0n) is 16.5. The molecule has 1 aromatic rings. The predicted molar refractivity (Wildman–Crippen MR) is 102 cm³/mol. The van der Waals surface area contributed by atoms with Crippen molar-refractivity contribution in [3.63, 3.8) is 0 Å². The zero-order valence-corrected chi connectivity index (χ0v) is 16.5. The van der Waals surface area contributed by atoms with E-state index in [1.54, 1.807) is 7.11 Å². The molecule has 0 radical (unpaired) electrons. The van der Waals surface area contributed by atoms with Crippen molar-refractivity contribution in [2.45, 2.75) is 46.7 Å². The van der Waals surface area contributed by atoms with Crippen LogP contribution in [-0.2, 0) is 16.1 Å². The fourth-order valence-electron chi connectivity index (χ4n) is 3.20. The van der Waals surface area contributed by atoms with E-state index in [1.165, 1.54) is 5.56 Å². The fraction of sp³-hybridized carbons (Fsp3) is 0.600. The quantitative estimate of drug-likeness (QED) is 0.777. The molecule has 1 aliphatic heterocycles. The highest BCUT2D eigenvalue weighted by Crippen LogP contribution is 2.25. The Morgan fingerprint density at radius 2 is 2.08 bits per heavy atom. The Kier molecular flexibility index (Phi) is 7.03. The van der Waals surface area contributed by atoms with Gasteiger partial charge in [-0.25, -0.2) is 0 Å². The van der Waals surface area contributed by atoms with Crippen LogP contribution in [0.1, 0.15) is 37.0 Å². The van der Waals surface area contributed by atoms with E-state index < -0.39 is 6.04 Å². The number of carbonyl (C=O) groups is 2. The molecule has 0 bridgehead atoms. The third-order valence-corrected chi connectivity index (χ3v) is 4.97. The van der Waals surface area contributed by atoms with Crippen LogP contribution in [0.2, 0.25) is 0 Å². The largest absolute Gasteiger partial charge is 0.496 e. The number of rotatable bonds is 7. The van der Waals surface area contributed by atoms with Crippen LogP contribution in [0.4, 0.5) is 0 Å². The monoisotopic (exact) mass is 361 g/mol. The first kappa shape index (κ1) is 20.2. The lowest BCUT2D eigenvalue weighted by Crippen LogP contribution is -2.56. The Labute approximate surface area is 156 Å². The SMILES string of the molecule is COc1ccc(CN2CCNC(=O)[C@@H]2CC(=O)NCC(C)C)c(C)c1C. The fourth-order valence-corrected chi connectivity index (χ4v) is 3.20. The summed E-state index contributed by atoms with van der Waals surface area (Å²) in [7, 11) is 1.67. The van der Waals surface area contributed by atoms with Crippen molar-refractivity contribution in [3.8, 4) is 5.75 Å². The number of hydrogen-bond acceptors (Lipinski definition) is 4. The Morgan fingerprint density at radius 3 is 2.73 bits per heavy atom. The first-order valence-corrected chi connectivity index (χ1v) is 9.25. The summed E-state index contributed by atoms with van der Waals surface area (Å²) >= 11 is 0. The predicted octanol–water partition coefficient (Wildman–Crippen LogP) is 1.77. The van der Waals surface area contributed by atoms with Crippen LogP contribution < -0.4 is 15.4 Å². The smallest absolute Gasteiger partial charge is 0.237 e. The van der Waals surface area contributed by atoms with Gasteiger partial charge in [-0.2, -0.15) is 0 Å². The van der Waals surface area contributed by atoms with Gasteiger partial charge in [0.25, 0.3) is 0 Å². The van der Waals surface area contributed by atoms with E-state index in [2.05, 4.69) is 36.3 Å². The van der Waals surface area contributed by atoms with Gasteiger partial charge >= 0.3 is 0 Å². The molecule has 26 heavy (non-hydrogen) atoms. The van der Waals surface area contributed by atoms with Crippen LogP contribution in [0.5, 0.6) is 5.75 Å². The summed E-state index contributed by atoms with van der Waals surface area (Å²) in [6.45, 7) is 10.8. The second kappa shape index (κ2) is 9.03. The molecule has 0 unspecified atom stereocenters. The number of amides is 2. The van der Waals surface area contributed by atoms with Gasteiger partial charge in [-0.15, -0.1) is 0 Å². The van der Waals surface area contributed by atoms with Gasteiger partial charge in [-0.05, 0) is 42.5 Å². The van der Waals surface area contributed by atoms with Gasteiger partial charge in [0.2, 0.25) is 11.8 Å². The van der Waals surface area contributed by atoms with Gasteiger partial charge in [-0.3, -0.25) is 14.5 Å². The minimum absolute atomic E-state index is 0.0705. The first-order valence-electron chi connectivity index (χ1n) is 9.25. The summed E-state index contributed by atoms with van der Waals surface area (Å²) in [5.74, 6) is 1.11. The topological polar surface area (TPSA) is 70.7 Å². The summed E-state index contributed by atoms with van der Waals surface area (Å²) in [5, 5.41) is 5.79. The van der Waals surface area contributed by atoms with Crippen molar-refractivity contribution in [1.82, 2.24) is 15.5 Å². The molecule has 2 N–H and O–H groups in total. The second-order valence-electron chi connectivity index (χ2n) is 7.36. The highest BCUT2D eigenvalue weighted by atomic mass is 16.5. The average molecular weight is 361 g/mol. The maximum atomic E-state index is 12.4. The third kappa shape index (κ3) is 4.97.